The van der Waals surface area contributed by atoms with Crippen LogP contribution in [0.5, 0.6) is 11.5 Å². The van der Waals surface area contributed by atoms with Gasteiger partial charge in [-0.05, 0) is 18.9 Å². The Labute approximate surface area is 186 Å². The summed E-state index contributed by atoms with van der Waals surface area (Å²) in [7, 11) is 1.57. The van der Waals surface area contributed by atoms with Crippen molar-refractivity contribution in [3.8, 4) is 11.5 Å². The van der Waals surface area contributed by atoms with Crippen molar-refractivity contribution >= 4 is 23.5 Å². The van der Waals surface area contributed by atoms with Crippen LogP contribution >= 0.6 is 0 Å². The number of hydrogen-bond acceptors (Lipinski definition) is 8. The van der Waals surface area contributed by atoms with Crippen molar-refractivity contribution in [1.29, 1.82) is 0 Å². The topological polar surface area (TPSA) is 107 Å². The maximum atomic E-state index is 13.0. The molecule has 0 aromatic heterocycles. The van der Waals surface area contributed by atoms with Gasteiger partial charge in [-0.3, -0.25) is 9.59 Å². The van der Waals surface area contributed by atoms with E-state index in [0.29, 0.717) is 29.3 Å². The number of hydrogen-bond donors (Lipinski definition) is 1. The monoisotopic (exact) mass is 445 g/mol. The molecular weight excluding hydrogens is 418 g/mol. The minimum atomic E-state index is -0.495. The molecule has 10 nitrogen and oxygen atoms in total. The number of carbonyl (C=O) groups excluding carboxylic acids is 3. The lowest BCUT2D eigenvalue weighted by Crippen LogP contribution is -2.53. The second kappa shape index (κ2) is 9.47. The van der Waals surface area contributed by atoms with E-state index in [1.165, 1.54) is 11.0 Å². The average molecular weight is 445 g/mol. The molecule has 1 unspecified atom stereocenters. The molecule has 4 rings (SSSR count). The Bertz CT molecular complexity index is 919. The molecule has 3 aliphatic rings. The largest absolute Gasteiger partial charge is 0.454 e. The summed E-state index contributed by atoms with van der Waals surface area (Å²) >= 11 is 0. The summed E-state index contributed by atoms with van der Waals surface area (Å²) in [5, 5.41) is 3.15. The van der Waals surface area contributed by atoms with E-state index in [-0.39, 0.29) is 50.8 Å². The van der Waals surface area contributed by atoms with E-state index in [1.807, 2.05) is 0 Å². The number of nitrogens with one attached hydrogen (secondary N) is 1. The lowest BCUT2D eigenvalue weighted by molar-refractivity contribution is -0.123. The first-order valence-corrected chi connectivity index (χ1v) is 10.6. The van der Waals surface area contributed by atoms with Crippen molar-refractivity contribution in [3.05, 3.63) is 30.4 Å². The van der Waals surface area contributed by atoms with Gasteiger partial charge in [0.15, 0.2) is 17.3 Å². The fourth-order valence-corrected chi connectivity index (χ4v) is 4.30. The van der Waals surface area contributed by atoms with Crippen molar-refractivity contribution in [1.82, 2.24) is 9.80 Å². The van der Waals surface area contributed by atoms with Gasteiger partial charge in [0.25, 0.3) is 5.91 Å². The van der Waals surface area contributed by atoms with Crippen LogP contribution in [-0.2, 0) is 14.3 Å². The molecule has 1 saturated heterocycles. The smallest absolute Gasteiger partial charge is 0.410 e. The number of rotatable bonds is 7. The number of Topliss-reactive ketones (excluding diaryl/α,β-unsaturated/α-hetero) is 1. The molecule has 1 aromatic carbocycles. The predicted octanol–water partition coefficient (Wildman–Crippen LogP) is 2.00. The zero-order valence-electron chi connectivity index (χ0n) is 18.0. The maximum Gasteiger partial charge on any atom is 0.410 e. The highest BCUT2D eigenvalue weighted by atomic mass is 16.7. The van der Waals surface area contributed by atoms with Gasteiger partial charge in [0, 0.05) is 26.1 Å². The van der Waals surface area contributed by atoms with Gasteiger partial charge in [-0.15, -0.1) is 0 Å². The van der Waals surface area contributed by atoms with E-state index in [4.69, 9.17) is 18.9 Å². The molecule has 3 aliphatic heterocycles. The fourth-order valence-electron chi connectivity index (χ4n) is 4.30. The summed E-state index contributed by atoms with van der Waals surface area (Å²) in [5.41, 5.74) is 1.07. The minimum Gasteiger partial charge on any atom is -0.454 e. The minimum absolute atomic E-state index is 0.0689. The summed E-state index contributed by atoms with van der Waals surface area (Å²) in [6.07, 6.45) is 2.29. The molecule has 0 spiro atoms. The SMILES string of the molecule is C=CCOC(=O)N1CCCC(OC)[C@@H]1CC(=O)CN1CNc2cc3c(cc2C1=O)OCO3. The van der Waals surface area contributed by atoms with Crippen LogP contribution in [0.1, 0.15) is 29.6 Å². The maximum absolute atomic E-state index is 13.0. The molecule has 32 heavy (non-hydrogen) atoms. The van der Waals surface area contributed by atoms with Crippen molar-refractivity contribution in [3.63, 3.8) is 0 Å². The first-order chi connectivity index (χ1) is 15.5. The highest BCUT2D eigenvalue weighted by Crippen LogP contribution is 2.38. The van der Waals surface area contributed by atoms with Crippen LogP contribution in [0.2, 0.25) is 0 Å². The molecule has 2 amide bonds. The number of ether oxygens (including phenoxy) is 4. The molecule has 1 aromatic rings. The predicted molar refractivity (Wildman–Crippen MR) is 114 cm³/mol. The van der Waals surface area contributed by atoms with E-state index < -0.39 is 12.1 Å². The molecular formula is C22H27N3O7. The van der Waals surface area contributed by atoms with Gasteiger partial charge in [0.05, 0.1) is 36.6 Å². The summed E-state index contributed by atoms with van der Waals surface area (Å²) < 4.78 is 21.4. The van der Waals surface area contributed by atoms with Gasteiger partial charge >= 0.3 is 6.09 Å². The normalized spacial score (nSPS) is 21.6. The molecule has 0 aliphatic carbocycles. The highest BCUT2D eigenvalue weighted by Gasteiger charge is 2.37. The number of benzene rings is 1. The number of anilines is 1. The standard InChI is InChI=1S/C22H27N3O7/c1-3-7-30-22(28)25-6-4-5-18(29-2)17(25)8-14(26)11-24-12-23-16-10-20-19(31-13-32-20)9-15(16)21(24)27/h3,9-10,17-18,23H,1,4-8,11-13H2,2H3/t17-,18?/m0/s1. The Kier molecular flexibility index (Phi) is 6.50. The van der Waals surface area contributed by atoms with E-state index in [9.17, 15) is 14.4 Å². The molecule has 10 heteroatoms. The molecule has 1 N–H and O–H groups in total. The number of fused-ring (bicyclic) bond motifs is 2. The molecule has 0 radical (unpaired) electrons. The number of carbonyl (C=O) groups is 3. The first-order valence-electron chi connectivity index (χ1n) is 10.6. The number of piperidine rings is 1. The van der Waals surface area contributed by atoms with E-state index in [0.717, 1.165) is 12.8 Å². The summed E-state index contributed by atoms with van der Waals surface area (Å²) in [6, 6.07) is 2.91. The Morgan fingerprint density at radius 1 is 1.31 bits per heavy atom. The van der Waals surface area contributed by atoms with Crippen LogP contribution in [0.3, 0.4) is 0 Å². The van der Waals surface area contributed by atoms with Crippen LogP contribution in [0.15, 0.2) is 24.8 Å². The van der Waals surface area contributed by atoms with E-state index in [1.54, 1.807) is 24.1 Å². The quantitative estimate of drug-likeness (QED) is 0.636. The third-order valence-electron chi connectivity index (χ3n) is 5.87. The average Bonchev–Trinajstić information content (AvgIpc) is 3.26. The Morgan fingerprint density at radius 2 is 2.09 bits per heavy atom. The Morgan fingerprint density at radius 3 is 2.84 bits per heavy atom. The summed E-state index contributed by atoms with van der Waals surface area (Å²) in [4.78, 5) is 41.4. The number of amides is 2. The zero-order valence-corrected chi connectivity index (χ0v) is 18.0. The van der Waals surface area contributed by atoms with Crippen LogP contribution in [0, 0.1) is 0 Å². The van der Waals surface area contributed by atoms with Crippen molar-refractivity contribution in [2.24, 2.45) is 0 Å². The number of nitrogens with zero attached hydrogens (tertiary/aromatic N) is 2. The van der Waals surface area contributed by atoms with Gasteiger partial charge < -0.3 is 34.1 Å². The van der Waals surface area contributed by atoms with Gasteiger partial charge in [0.1, 0.15) is 6.61 Å². The zero-order chi connectivity index (χ0) is 22.7. The van der Waals surface area contributed by atoms with Gasteiger partial charge in [-0.25, -0.2) is 4.79 Å². The lowest BCUT2D eigenvalue weighted by atomic mass is 9.94. The molecule has 2 atom stereocenters. The second-order valence-corrected chi connectivity index (χ2v) is 7.87. The summed E-state index contributed by atoms with van der Waals surface area (Å²) in [6.45, 7) is 4.36. The van der Waals surface area contributed by atoms with Crippen LogP contribution in [0.4, 0.5) is 10.5 Å². The first kappa shape index (κ1) is 21.9. The molecule has 3 heterocycles. The fraction of sp³-hybridized carbons (Fsp3) is 0.500. The third kappa shape index (κ3) is 4.36. The number of methoxy groups -OCH3 is 1. The molecule has 0 saturated carbocycles. The second-order valence-electron chi connectivity index (χ2n) is 7.87. The van der Waals surface area contributed by atoms with E-state index >= 15 is 0 Å². The molecule has 0 bridgehead atoms. The van der Waals surface area contributed by atoms with Gasteiger partial charge in [-0.2, -0.15) is 0 Å². The number of ketones is 1. The van der Waals surface area contributed by atoms with E-state index in [2.05, 4.69) is 11.9 Å². The van der Waals surface area contributed by atoms with Crippen molar-refractivity contribution in [2.75, 3.05) is 45.6 Å². The third-order valence-corrected chi connectivity index (χ3v) is 5.87. The number of likely N-dealkylation sites (tertiary alicyclic amines) is 1. The van der Waals surface area contributed by atoms with Gasteiger partial charge in [-0.1, -0.05) is 12.7 Å². The van der Waals surface area contributed by atoms with Crippen LogP contribution in [0.25, 0.3) is 0 Å². The van der Waals surface area contributed by atoms with Crippen LogP contribution < -0.4 is 14.8 Å². The van der Waals surface area contributed by atoms with Crippen LogP contribution in [-0.4, -0.2) is 80.0 Å². The Balaban J connectivity index is 1.43. The highest BCUT2D eigenvalue weighted by molar-refractivity contribution is 6.03. The Hall–Kier alpha value is -3.27. The van der Waals surface area contributed by atoms with Crippen molar-refractivity contribution < 1.29 is 33.3 Å². The van der Waals surface area contributed by atoms with Gasteiger partial charge in [0.2, 0.25) is 6.79 Å². The summed E-state index contributed by atoms with van der Waals surface area (Å²) in [5.74, 6) is 0.658. The lowest BCUT2D eigenvalue weighted by Gasteiger charge is -2.40. The molecule has 172 valence electrons. The molecule has 1 fully saturated rings. The van der Waals surface area contributed by atoms with Crippen molar-refractivity contribution in [2.45, 2.75) is 31.4 Å².